The molecule has 2 amide bonds. The molecule has 0 radical (unpaired) electrons. The Kier molecular flexibility index (Phi) is 7.17. The van der Waals surface area contributed by atoms with Gasteiger partial charge in [0.05, 0.1) is 12.6 Å². The van der Waals surface area contributed by atoms with Gasteiger partial charge in [-0.3, -0.25) is 14.5 Å². The third kappa shape index (κ3) is 5.05. The maximum Gasteiger partial charge on any atom is 0.239 e. The fraction of sp³-hybridized carbons (Fsp3) is 0.600. The van der Waals surface area contributed by atoms with Gasteiger partial charge in [0.25, 0.3) is 0 Å². The molecule has 0 saturated carbocycles. The molecule has 1 saturated heterocycles. The summed E-state index contributed by atoms with van der Waals surface area (Å²) in [4.78, 5) is 28.7. The van der Waals surface area contributed by atoms with Crippen LogP contribution in [0.3, 0.4) is 0 Å². The van der Waals surface area contributed by atoms with E-state index >= 15 is 0 Å². The summed E-state index contributed by atoms with van der Waals surface area (Å²) in [6.45, 7) is 11.1. The Hall–Kier alpha value is -1.92. The number of hydrogen-bond donors (Lipinski definition) is 2. The second kappa shape index (κ2) is 9.14. The molecule has 2 rings (SSSR count). The molecule has 0 spiro atoms. The molecule has 2 unspecified atom stereocenters. The number of nitrogens with two attached hydrogens (primary N) is 1. The van der Waals surface area contributed by atoms with Gasteiger partial charge in [0.15, 0.2) is 0 Å². The van der Waals surface area contributed by atoms with Gasteiger partial charge < -0.3 is 16.0 Å². The van der Waals surface area contributed by atoms with E-state index in [9.17, 15) is 9.59 Å². The molecule has 1 fully saturated rings. The minimum atomic E-state index is -0.431. The summed E-state index contributed by atoms with van der Waals surface area (Å²) in [6, 6.07) is 5.47. The molecule has 0 aliphatic carbocycles. The minimum Gasteiger partial charge on any atom is -0.339 e. The summed E-state index contributed by atoms with van der Waals surface area (Å²) < 4.78 is 0. The monoisotopic (exact) mass is 360 g/mol. The van der Waals surface area contributed by atoms with Crippen molar-refractivity contribution in [1.29, 1.82) is 0 Å². The van der Waals surface area contributed by atoms with Crippen LogP contribution in [-0.4, -0.2) is 60.4 Å². The van der Waals surface area contributed by atoms with E-state index in [4.69, 9.17) is 5.73 Å². The average molecular weight is 361 g/mol. The molecule has 1 heterocycles. The summed E-state index contributed by atoms with van der Waals surface area (Å²) in [7, 11) is 0. The molecule has 1 aliphatic heterocycles. The number of carbonyl (C=O) groups is 2. The van der Waals surface area contributed by atoms with Crippen LogP contribution in [0.4, 0.5) is 5.69 Å². The number of anilines is 1. The molecule has 26 heavy (non-hydrogen) atoms. The zero-order valence-electron chi connectivity index (χ0n) is 16.4. The van der Waals surface area contributed by atoms with E-state index < -0.39 is 6.04 Å². The molecule has 2 atom stereocenters. The lowest BCUT2D eigenvalue weighted by Crippen LogP contribution is -2.55. The Labute approximate surface area is 156 Å². The van der Waals surface area contributed by atoms with Crippen LogP contribution in [0.25, 0.3) is 0 Å². The van der Waals surface area contributed by atoms with Gasteiger partial charge in [-0.2, -0.15) is 0 Å². The molecule has 0 aromatic heterocycles. The first-order valence-electron chi connectivity index (χ1n) is 9.46. The SMILES string of the molecule is CCC(C)C(N)C(=O)N1CCN(CC(=O)Nc2cccc(C)c2C)CC1. The van der Waals surface area contributed by atoms with E-state index in [-0.39, 0.29) is 17.7 Å². The normalized spacial score (nSPS) is 17.7. The predicted octanol–water partition coefficient (Wildman–Crippen LogP) is 1.76. The van der Waals surface area contributed by atoms with Gasteiger partial charge in [-0.15, -0.1) is 0 Å². The minimum absolute atomic E-state index is 0.0187. The molecule has 1 aliphatic rings. The Morgan fingerprint density at radius 3 is 2.46 bits per heavy atom. The highest BCUT2D eigenvalue weighted by Crippen LogP contribution is 2.18. The van der Waals surface area contributed by atoms with Crippen LogP contribution in [0.2, 0.25) is 0 Å². The Bertz CT molecular complexity index is 639. The van der Waals surface area contributed by atoms with Crippen molar-refractivity contribution in [3.8, 4) is 0 Å². The van der Waals surface area contributed by atoms with E-state index in [0.717, 1.165) is 23.2 Å². The zero-order chi connectivity index (χ0) is 19.3. The molecule has 0 bridgehead atoms. The molecular formula is C20H32N4O2. The third-order valence-corrected chi connectivity index (χ3v) is 5.47. The summed E-state index contributed by atoms with van der Waals surface area (Å²) in [5, 5.41) is 2.99. The van der Waals surface area contributed by atoms with Gasteiger partial charge in [-0.05, 0) is 37.0 Å². The van der Waals surface area contributed by atoms with Crippen molar-refractivity contribution >= 4 is 17.5 Å². The zero-order valence-corrected chi connectivity index (χ0v) is 16.4. The number of amides is 2. The van der Waals surface area contributed by atoms with Crippen LogP contribution in [-0.2, 0) is 9.59 Å². The van der Waals surface area contributed by atoms with Gasteiger partial charge in [0.1, 0.15) is 0 Å². The highest BCUT2D eigenvalue weighted by Gasteiger charge is 2.28. The highest BCUT2D eigenvalue weighted by molar-refractivity contribution is 5.93. The average Bonchev–Trinajstić information content (AvgIpc) is 2.64. The second-order valence-electron chi connectivity index (χ2n) is 7.31. The maximum absolute atomic E-state index is 12.4. The highest BCUT2D eigenvalue weighted by atomic mass is 16.2. The third-order valence-electron chi connectivity index (χ3n) is 5.47. The van der Waals surface area contributed by atoms with E-state index in [1.165, 1.54) is 0 Å². The van der Waals surface area contributed by atoms with Crippen molar-refractivity contribution in [2.24, 2.45) is 11.7 Å². The second-order valence-corrected chi connectivity index (χ2v) is 7.31. The molecule has 6 heteroatoms. The summed E-state index contributed by atoms with van der Waals surface area (Å²) >= 11 is 0. The lowest BCUT2D eigenvalue weighted by atomic mass is 9.98. The van der Waals surface area contributed by atoms with E-state index in [0.29, 0.717) is 32.7 Å². The number of nitrogens with zero attached hydrogens (tertiary/aromatic N) is 2. The van der Waals surface area contributed by atoms with Crippen LogP contribution < -0.4 is 11.1 Å². The molecule has 1 aromatic carbocycles. The number of piperazine rings is 1. The standard InChI is InChI=1S/C20H32N4O2/c1-5-14(2)19(21)20(26)24-11-9-23(10-12-24)13-18(25)22-17-8-6-7-15(3)16(17)4/h6-8,14,19H,5,9-13,21H2,1-4H3,(H,22,25). The molecular weight excluding hydrogens is 328 g/mol. The van der Waals surface area contributed by atoms with E-state index in [2.05, 4.69) is 10.2 Å². The Morgan fingerprint density at radius 2 is 1.85 bits per heavy atom. The fourth-order valence-electron chi connectivity index (χ4n) is 3.11. The quantitative estimate of drug-likeness (QED) is 0.810. The van der Waals surface area contributed by atoms with Crippen molar-refractivity contribution in [2.75, 3.05) is 38.0 Å². The van der Waals surface area contributed by atoms with Crippen LogP contribution in [0.15, 0.2) is 18.2 Å². The number of aryl methyl sites for hydroxylation is 1. The van der Waals surface area contributed by atoms with Crippen LogP contribution >= 0.6 is 0 Å². The topological polar surface area (TPSA) is 78.7 Å². The van der Waals surface area contributed by atoms with Crippen molar-refractivity contribution in [3.63, 3.8) is 0 Å². The van der Waals surface area contributed by atoms with Gasteiger partial charge in [0, 0.05) is 31.9 Å². The predicted molar refractivity (Wildman–Crippen MR) is 105 cm³/mol. The van der Waals surface area contributed by atoms with Crippen molar-refractivity contribution in [1.82, 2.24) is 9.80 Å². The van der Waals surface area contributed by atoms with Crippen LogP contribution in [0.1, 0.15) is 31.4 Å². The summed E-state index contributed by atoms with van der Waals surface area (Å²) in [5.41, 5.74) is 9.18. The summed E-state index contributed by atoms with van der Waals surface area (Å²) in [5.74, 6) is 0.192. The number of nitrogens with one attached hydrogen (secondary N) is 1. The number of benzene rings is 1. The summed E-state index contributed by atoms with van der Waals surface area (Å²) in [6.07, 6.45) is 0.894. The van der Waals surface area contributed by atoms with Gasteiger partial charge in [0.2, 0.25) is 11.8 Å². The van der Waals surface area contributed by atoms with E-state index in [1.807, 2.05) is 50.8 Å². The van der Waals surface area contributed by atoms with E-state index in [1.54, 1.807) is 0 Å². The Balaban J connectivity index is 1.82. The largest absolute Gasteiger partial charge is 0.339 e. The molecule has 1 aromatic rings. The maximum atomic E-state index is 12.4. The van der Waals surface area contributed by atoms with Gasteiger partial charge in [-0.1, -0.05) is 32.4 Å². The molecule has 144 valence electrons. The van der Waals surface area contributed by atoms with Crippen molar-refractivity contribution < 1.29 is 9.59 Å². The smallest absolute Gasteiger partial charge is 0.239 e. The lowest BCUT2D eigenvalue weighted by molar-refractivity contribution is -0.135. The van der Waals surface area contributed by atoms with Crippen molar-refractivity contribution in [2.45, 2.75) is 40.2 Å². The first-order chi connectivity index (χ1) is 12.3. The molecule has 3 N–H and O–H groups in total. The van der Waals surface area contributed by atoms with Crippen LogP contribution in [0, 0.1) is 19.8 Å². The first kappa shape index (κ1) is 20.4. The Morgan fingerprint density at radius 1 is 1.19 bits per heavy atom. The molecule has 6 nitrogen and oxygen atoms in total. The lowest BCUT2D eigenvalue weighted by Gasteiger charge is -2.36. The number of carbonyl (C=O) groups excluding carboxylic acids is 2. The van der Waals surface area contributed by atoms with Crippen LogP contribution in [0.5, 0.6) is 0 Å². The first-order valence-corrected chi connectivity index (χ1v) is 9.46. The number of hydrogen-bond acceptors (Lipinski definition) is 4. The van der Waals surface area contributed by atoms with Gasteiger partial charge in [-0.25, -0.2) is 0 Å². The number of rotatable bonds is 6. The van der Waals surface area contributed by atoms with Crippen molar-refractivity contribution in [3.05, 3.63) is 29.3 Å². The van der Waals surface area contributed by atoms with Gasteiger partial charge >= 0.3 is 0 Å². The fourth-order valence-corrected chi connectivity index (χ4v) is 3.11.